The third kappa shape index (κ3) is 7.12. The second kappa shape index (κ2) is 16.8. The molecule has 310 valence electrons. The van der Waals surface area contributed by atoms with Crippen LogP contribution in [0.3, 0.4) is 0 Å². The van der Waals surface area contributed by atoms with E-state index in [0.29, 0.717) is 0 Å². The van der Waals surface area contributed by atoms with E-state index in [9.17, 15) is 0 Å². The number of aromatic nitrogens is 1. The Balaban J connectivity index is 0.841. The largest absolute Gasteiger partial charge is 0.310 e. The number of hydrogen-bond acceptors (Lipinski definition) is 1. The van der Waals surface area contributed by atoms with Crippen molar-refractivity contribution in [3.05, 3.63) is 267 Å². The number of fused-ring (bicyclic) bond motifs is 4. The minimum Gasteiger partial charge on any atom is -0.310 e. The van der Waals surface area contributed by atoms with Crippen LogP contribution in [0, 0.1) is 0 Å². The van der Waals surface area contributed by atoms with Gasteiger partial charge in [0.1, 0.15) is 0 Å². The molecule has 0 spiro atoms. The molecule has 0 unspecified atom stereocenters. The van der Waals surface area contributed by atoms with Gasteiger partial charge in [0.2, 0.25) is 0 Å². The number of rotatable bonds is 9. The first-order valence-corrected chi connectivity index (χ1v) is 22.7. The van der Waals surface area contributed by atoms with Crippen LogP contribution in [-0.2, 0) is 0 Å². The lowest BCUT2D eigenvalue weighted by Gasteiger charge is -2.27. The molecule has 0 fully saturated rings. The molecule has 0 amide bonds. The zero-order valence-corrected chi connectivity index (χ0v) is 36.3. The van der Waals surface area contributed by atoms with Crippen molar-refractivity contribution >= 4 is 49.6 Å². The van der Waals surface area contributed by atoms with E-state index < -0.39 is 0 Å². The van der Waals surface area contributed by atoms with Gasteiger partial charge in [0, 0.05) is 33.2 Å². The molecule has 2 heteroatoms. The van der Waals surface area contributed by atoms with Crippen LogP contribution in [0.2, 0.25) is 0 Å². The standard InChI is InChI=1S/C64H44N2/c1-4-15-45(16-5-1)49-35-38-55(39-36-49)65(54-20-8-3-9-21-54)63-42-40-57(58-23-10-11-24-59(58)63)51-33-31-48(32-34-51)47-27-29-50(30-28-47)53-37-41-64-61(44-53)60-25-12-13-26-62(60)66(64)56-22-14-19-52(43-56)46-17-6-2-7-18-46/h1-44H. The lowest BCUT2D eigenvalue weighted by molar-refractivity contribution is 1.18. The summed E-state index contributed by atoms with van der Waals surface area (Å²) in [5.41, 5.74) is 19.0. The third-order valence-electron chi connectivity index (χ3n) is 13.0. The molecule has 0 aliphatic carbocycles. The third-order valence-corrected chi connectivity index (χ3v) is 13.0. The van der Waals surface area contributed by atoms with Gasteiger partial charge in [0.15, 0.2) is 0 Å². The topological polar surface area (TPSA) is 8.17 Å². The first kappa shape index (κ1) is 38.9. The maximum Gasteiger partial charge on any atom is 0.0541 e. The molecule has 0 bridgehead atoms. The Morgan fingerprint density at radius 1 is 0.242 bits per heavy atom. The molecule has 12 rings (SSSR count). The van der Waals surface area contributed by atoms with Crippen molar-refractivity contribution in [1.29, 1.82) is 0 Å². The van der Waals surface area contributed by atoms with E-state index in [4.69, 9.17) is 0 Å². The summed E-state index contributed by atoms with van der Waals surface area (Å²) in [7, 11) is 0. The number of nitrogens with zero attached hydrogens (tertiary/aromatic N) is 2. The van der Waals surface area contributed by atoms with Crippen molar-refractivity contribution in [2.75, 3.05) is 4.90 Å². The Labute approximate surface area is 385 Å². The second-order valence-corrected chi connectivity index (χ2v) is 16.9. The van der Waals surface area contributed by atoms with Gasteiger partial charge in [0.25, 0.3) is 0 Å². The van der Waals surface area contributed by atoms with E-state index in [1.54, 1.807) is 0 Å². The van der Waals surface area contributed by atoms with Crippen molar-refractivity contribution in [1.82, 2.24) is 4.57 Å². The average molecular weight is 841 g/mol. The normalized spacial score (nSPS) is 11.3. The summed E-state index contributed by atoms with van der Waals surface area (Å²) in [6.07, 6.45) is 0. The van der Waals surface area contributed by atoms with Gasteiger partial charge in [-0.1, -0.05) is 206 Å². The predicted octanol–water partition coefficient (Wildman–Crippen LogP) is 17.7. The molecule has 1 aromatic heterocycles. The molecule has 11 aromatic carbocycles. The number of hydrogen-bond donors (Lipinski definition) is 0. The van der Waals surface area contributed by atoms with E-state index >= 15 is 0 Å². The molecule has 0 saturated carbocycles. The molecule has 0 radical (unpaired) electrons. The molecule has 66 heavy (non-hydrogen) atoms. The molecule has 0 aliphatic rings. The predicted molar refractivity (Wildman–Crippen MR) is 280 cm³/mol. The van der Waals surface area contributed by atoms with E-state index in [1.807, 2.05) is 0 Å². The maximum absolute atomic E-state index is 2.40. The molecular weight excluding hydrogens is 797 g/mol. The second-order valence-electron chi connectivity index (χ2n) is 16.9. The fourth-order valence-corrected chi connectivity index (χ4v) is 9.75. The van der Waals surface area contributed by atoms with Gasteiger partial charge in [-0.2, -0.15) is 0 Å². The minimum atomic E-state index is 1.11. The molecule has 0 aliphatic heterocycles. The fraction of sp³-hybridized carbons (Fsp3) is 0. The molecule has 2 nitrogen and oxygen atoms in total. The van der Waals surface area contributed by atoms with Gasteiger partial charge in [0.05, 0.1) is 16.7 Å². The first-order valence-electron chi connectivity index (χ1n) is 22.7. The summed E-state index contributed by atoms with van der Waals surface area (Å²) in [6, 6.07) is 96.7. The Kier molecular flexibility index (Phi) is 9.89. The zero-order valence-electron chi connectivity index (χ0n) is 36.3. The lowest BCUT2D eigenvalue weighted by Crippen LogP contribution is -2.10. The average Bonchev–Trinajstić information content (AvgIpc) is 3.74. The summed E-state index contributed by atoms with van der Waals surface area (Å²) >= 11 is 0. The molecule has 0 atom stereocenters. The Bertz CT molecular complexity index is 3650. The monoisotopic (exact) mass is 840 g/mol. The van der Waals surface area contributed by atoms with E-state index in [2.05, 4.69) is 276 Å². The van der Waals surface area contributed by atoms with Crippen LogP contribution in [0.25, 0.3) is 93.9 Å². The van der Waals surface area contributed by atoms with E-state index in [0.717, 1.165) is 22.7 Å². The van der Waals surface area contributed by atoms with Crippen LogP contribution >= 0.6 is 0 Å². The van der Waals surface area contributed by atoms with Crippen LogP contribution < -0.4 is 4.90 Å². The summed E-state index contributed by atoms with van der Waals surface area (Å²) in [5.74, 6) is 0. The molecular formula is C64H44N2. The van der Waals surface area contributed by atoms with Crippen molar-refractivity contribution in [2.45, 2.75) is 0 Å². The molecule has 1 heterocycles. The van der Waals surface area contributed by atoms with Crippen LogP contribution in [0.5, 0.6) is 0 Å². The molecule has 12 aromatic rings. The van der Waals surface area contributed by atoms with Crippen LogP contribution in [-0.4, -0.2) is 4.57 Å². The zero-order chi connectivity index (χ0) is 43.8. The summed E-state index contributed by atoms with van der Waals surface area (Å²) < 4.78 is 2.40. The molecule has 0 saturated heterocycles. The quantitative estimate of drug-likeness (QED) is 0.141. The highest BCUT2D eigenvalue weighted by Crippen LogP contribution is 2.43. The van der Waals surface area contributed by atoms with Crippen LogP contribution in [0.1, 0.15) is 0 Å². The van der Waals surface area contributed by atoms with Crippen LogP contribution in [0.4, 0.5) is 17.1 Å². The Hall–Kier alpha value is -8.72. The number of para-hydroxylation sites is 2. The maximum atomic E-state index is 2.40. The number of anilines is 3. The first-order chi connectivity index (χ1) is 32.7. The smallest absolute Gasteiger partial charge is 0.0541 e. The SMILES string of the molecule is c1ccc(-c2ccc(N(c3ccccc3)c3ccc(-c4ccc(-c5ccc(-c6ccc7c(c6)c6ccccc6n7-c6cccc(-c7ccccc7)c6)cc5)cc4)c4ccccc34)cc2)cc1. The Morgan fingerprint density at radius 2 is 0.682 bits per heavy atom. The summed E-state index contributed by atoms with van der Waals surface area (Å²) in [5, 5.41) is 4.92. The van der Waals surface area contributed by atoms with E-state index in [1.165, 1.54) is 88.2 Å². The lowest BCUT2D eigenvalue weighted by atomic mass is 9.94. The van der Waals surface area contributed by atoms with Gasteiger partial charge in [-0.25, -0.2) is 0 Å². The van der Waals surface area contributed by atoms with Gasteiger partial charge in [-0.15, -0.1) is 0 Å². The minimum absolute atomic E-state index is 1.11. The van der Waals surface area contributed by atoms with Crippen molar-refractivity contribution in [3.63, 3.8) is 0 Å². The number of benzene rings is 11. The van der Waals surface area contributed by atoms with Gasteiger partial charge in [-0.05, 0) is 122 Å². The van der Waals surface area contributed by atoms with Gasteiger partial charge < -0.3 is 9.47 Å². The van der Waals surface area contributed by atoms with Crippen LogP contribution in [0.15, 0.2) is 267 Å². The Morgan fingerprint density at radius 3 is 1.35 bits per heavy atom. The highest BCUT2D eigenvalue weighted by molar-refractivity contribution is 6.11. The molecule has 0 N–H and O–H groups in total. The van der Waals surface area contributed by atoms with E-state index in [-0.39, 0.29) is 0 Å². The van der Waals surface area contributed by atoms with Crippen molar-refractivity contribution < 1.29 is 0 Å². The summed E-state index contributed by atoms with van der Waals surface area (Å²) in [4.78, 5) is 2.37. The summed E-state index contributed by atoms with van der Waals surface area (Å²) in [6.45, 7) is 0. The highest BCUT2D eigenvalue weighted by atomic mass is 15.1. The van der Waals surface area contributed by atoms with Crippen molar-refractivity contribution in [3.8, 4) is 61.3 Å². The fourth-order valence-electron chi connectivity index (χ4n) is 9.75. The van der Waals surface area contributed by atoms with Crippen molar-refractivity contribution in [2.24, 2.45) is 0 Å². The highest BCUT2D eigenvalue weighted by Gasteiger charge is 2.18. The van der Waals surface area contributed by atoms with Gasteiger partial charge >= 0.3 is 0 Å². The van der Waals surface area contributed by atoms with Gasteiger partial charge in [-0.3, -0.25) is 0 Å².